The van der Waals surface area contributed by atoms with Crippen molar-refractivity contribution in [3.8, 4) is 11.5 Å². The van der Waals surface area contributed by atoms with Crippen molar-refractivity contribution >= 4 is 27.5 Å². The van der Waals surface area contributed by atoms with E-state index in [4.69, 9.17) is 16.3 Å². The summed E-state index contributed by atoms with van der Waals surface area (Å²) in [5.74, 6) is 2.17. The van der Waals surface area contributed by atoms with E-state index in [1.54, 1.807) is 0 Å². The fourth-order valence-electron chi connectivity index (χ4n) is 1.92. The van der Waals surface area contributed by atoms with Gasteiger partial charge in [0.05, 0.1) is 0 Å². The van der Waals surface area contributed by atoms with Gasteiger partial charge < -0.3 is 4.74 Å². The highest BCUT2D eigenvalue weighted by atomic mass is 79.9. The first kappa shape index (κ1) is 14.4. The van der Waals surface area contributed by atoms with E-state index < -0.39 is 0 Å². The van der Waals surface area contributed by atoms with Gasteiger partial charge >= 0.3 is 0 Å². The molecule has 0 fully saturated rings. The second-order valence-electron chi connectivity index (χ2n) is 4.68. The van der Waals surface area contributed by atoms with E-state index >= 15 is 0 Å². The van der Waals surface area contributed by atoms with E-state index in [0.29, 0.717) is 11.2 Å². The molecule has 2 aromatic carbocycles. The Kier molecular flexibility index (Phi) is 4.89. The molecule has 0 amide bonds. The van der Waals surface area contributed by atoms with E-state index in [1.165, 1.54) is 5.56 Å². The molecule has 100 valence electrons. The molecule has 0 aromatic heterocycles. The zero-order chi connectivity index (χ0) is 13.8. The Labute approximate surface area is 127 Å². The fourth-order valence-corrected chi connectivity index (χ4v) is 2.55. The number of alkyl halides is 1. The van der Waals surface area contributed by atoms with Crippen LogP contribution in [0.5, 0.6) is 11.5 Å². The minimum absolute atomic E-state index is 0.427. The summed E-state index contributed by atoms with van der Waals surface area (Å²) >= 11 is 9.47. The number of hydrogen-bond donors (Lipinski definition) is 0. The van der Waals surface area contributed by atoms with Crippen molar-refractivity contribution in [2.45, 2.75) is 25.1 Å². The maximum atomic E-state index is 6.06. The molecular formula is C16H16BrClO. The average molecular weight is 340 g/mol. The van der Waals surface area contributed by atoms with Gasteiger partial charge in [-0.05, 0) is 35.7 Å². The van der Waals surface area contributed by atoms with E-state index in [1.807, 2.05) is 36.4 Å². The van der Waals surface area contributed by atoms with Crippen molar-refractivity contribution in [3.05, 3.63) is 58.6 Å². The monoisotopic (exact) mass is 338 g/mol. The van der Waals surface area contributed by atoms with Crippen LogP contribution in [-0.2, 0) is 5.33 Å². The lowest BCUT2D eigenvalue weighted by Crippen LogP contribution is -1.95. The zero-order valence-corrected chi connectivity index (χ0v) is 13.3. The van der Waals surface area contributed by atoms with E-state index in [9.17, 15) is 0 Å². The fraction of sp³-hybridized carbons (Fsp3) is 0.250. The molecule has 0 unspecified atom stereocenters. The molecule has 2 rings (SSSR count). The quantitative estimate of drug-likeness (QED) is 0.607. The highest BCUT2D eigenvalue weighted by molar-refractivity contribution is 9.08. The Morgan fingerprint density at radius 2 is 1.84 bits per heavy atom. The van der Waals surface area contributed by atoms with Crippen LogP contribution in [0.4, 0.5) is 0 Å². The lowest BCUT2D eigenvalue weighted by molar-refractivity contribution is 0.469. The summed E-state index contributed by atoms with van der Waals surface area (Å²) < 4.78 is 6.06. The normalized spacial score (nSPS) is 10.8. The Balaban J connectivity index is 2.36. The van der Waals surface area contributed by atoms with Gasteiger partial charge in [0.15, 0.2) is 0 Å². The summed E-state index contributed by atoms with van der Waals surface area (Å²) in [6, 6.07) is 13.8. The predicted octanol–water partition coefficient (Wildman–Crippen LogP) is 6.15. The molecule has 0 aliphatic carbocycles. The Bertz CT molecular complexity index is 566. The van der Waals surface area contributed by atoms with Crippen molar-refractivity contribution in [2.24, 2.45) is 0 Å². The molecule has 19 heavy (non-hydrogen) atoms. The Morgan fingerprint density at radius 3 is 2.53 bits per heavy atom. The largest absolute Gasteiger partial charge is 0.457 e. The summed E-state index contributed by atoms with van der Waals surface area (Å²) in [5, 5.41) is 1.44. The minimum Gasteiger partial charge on any atom is -0.457 e. The first-order chi connectivity index (χ1) is 9.11. The van der Waals surface area contributed by atoms with Crippen LogP contribution in [0, 0.1) is 0 Å². The first-order valence-electron chi connectivity index (χ1n) is 6.23. The van der Waals surface area contributed by atoms with Crippen molar-refractivity contribution in [2.75, 3.05) is 0 Å². The molecule has 3 heteroatoms. The zero-order valence-electron chi connectivity index (χ0n) is 11.0. The van der Waals surface area contributed by atoms with Gasteiger partial charge in [0, 0.05) is 15.9 Å². The van der Waals surface area contributed by atoms with Crippen molar-refractivity contribution in [1.29, 1.82) is 0 Å². The van der Waals surface area contributed by atoms with Crippen molar-refractivity contribution in [3.63, 3.8) is 0 Å². The molecule has 0 heterocycles. The van der Waals surface area contributed by atoms with Crippen LogP contribution in [0.3, 0.4) is 0 Å². The molecule has 0 aliphatic rings. The lowest BCUT2D eigenvalue weighted by Gasteiger charge is -2.15. The molecular weight excluding hydrogens is 324 g/mol. The van der Waals surface area contributed by atoms with E-state index in [0.717, 1.165) is 22.1 Å². The molecule has 0 radical (unpaired) electrons. The standard InChI is InChI=1S/C16H16BrClO/c1-11(2)14-5-3-4-6-16(14)19-15-8-7-13(18)9-12(15)10-17/h3-9,11H,10H2,1-2H3. The van der Waals surface area contributed by atoms with Gasteiger partial charge in [0.25, 0.3) is 0 Å². The highest BCUT2D eigenvalue weighted by Gasteiger charge is 2.10. The summed E-state index contributed by atoms with van der Waals surface area (Å²) in [6.45, 7) is 4.32. The van der Waals surface area contributed by atoms with Gasteiger partial charge in [0.2, 0.25) is 0 Å². The third-order valence-corrected chi connectivity index (χ3v) is 3.77. The summed E-state index contributed by atoms with van der Waals surface area (Å²) in [6.07, 6.45) is 0. The summed E-state index contributed by atoms with van der Waals surface area (Å²) in [4.78, 5) is 0. The van der Waals surface area contributed by atoms with Crippen LogP contribution >= 0.6 is 27.5 Å². The number of ether oxygens (including phenoxy) is 1. The molecule has 0 N–H and O–H groups in total. The number of benzene rings is 2. The van der Waals surface area contributed by atoms with Crippen LogP contribution in [-0.4, -0.2) is 0 Å². The maximum absolute atomic E-state index is 6.06. The van der Waals surface area contributed by atoms with Crippen LogP contribution < -0.4 is 4.74 Å². The summed E-state index contributed by atoms with van der Waals surface area (Å²) in [7, 11) is 0. The van der Waals surface area contributed by atoms with Gasteiger partial charge in [-0.3, -0.25) is 0 Å². The molecule has 0 saturated heterocycles. The van der Waals surface area contributed by atoms with Crippen LogP contribution in [0.25, 0.3) is 0 Å². The third-order valence-electron chi connectivity index (χ3n) is 2.93. The average Bonchev–Trinajstić information content (AvgIpc) is 2.41. The van der Waals surface area contributed by atoms with Crippen LogP contribution in [0.15, 0.2) is 42.5 Å². The van der Waals surface area contributed by atoms with Crippen LogP contribution in [0.2, 0.25) is 5.02 Å². The Hall–Kier alpha value is -0.990. The highest BCUT2D eigenvalue weighted by Crippen LogP contribution is 2.33. The van der Waals surface area contributed by atoms with Crippen molar-refractivity contribution < 1.29 is 4.74 Å². The predicted molar refractivity (Wildman–Crippen MR) is 84.7 cm³/mol. The number of hydrogen-bond acceptors (Lipinski definition) is 1. The molecule has 2 aromatic rings. The SMILES string of the molecule is CC(C)c1ccccc1Oc1ccc(Cl)cc1CBr. The molecule has 0 aliphatic heterocycles. The number of halogens is 2. The lowest BCUT2D eigenvalue weighted by atomic mass is 10.0. The van der Waals surface area contributed by atoms with Gasteiger partial charge in [-0.2, -0.15) is 0 Å². The van der Waals surface area contributed by atoms with Gasteiger partial charge in [-0.1, -0.05) is 59.6 Å². The first-order valence-corrected chi connectivity index (χ1v) is 7.73. The van der Waals surface area contributed by atoms with Crippen LogP contribution in [0.1, 0.15) is 30.9 Å². The minimum atomic E-state index is 0.427. The second kappa shape index (κ2) is 6.44. The number of para-hydroxylation sites is 1. The Morgan fingerprint density at radius 1 is 1.11 bits per heavy atom. The molecule has 1 nitrogen and oxygen atoms in total. The van der Waals surface area contributed by atoms with E-state index in [2.05, 4.69) is 35.8 Å². The molecule has 0 spiro atoms. The third kappa shape index (κ3) is 3.52. The van der Waals surface area contributed by atoms with Gasteiger partial charge in [0.1, 0.15) is 11.5 Å². The van der Waals surface area contributed by atoms with E-state index in [-0.39, 0.29) is 0 Å². The number of rotatable bonds is 4. The van der Waals surface area contributed by atoms with Gasteiger partial charge in [-0.25, -0.2) is 0 Å². The maximum Gasteiger partial charge on any atom is 0.131 e. The van der Waals surface area contributed by atoms with Crippen molar-refractivity contribution in [1.82, 2.24) is 0 Å². The van der Waals surface area contributed by atoms with Gasteiger partial charge in [-0.15, -0.1) is 0 Å². The topological polar surface area (TPSA) is 9.23 Å². The molecule has 0 bridgehead atoms. The smallest absolute Gasteiger partial charge is 0.131 e. The molecule has 0 atom stereocenters. The second-order valence-corrected chi connectivity index (χ2v) is 5.68. The summed E-state index contributed by atoms with van der Waals surface area (Å²) in [5.41, 5.74) is 2.25. The molecule has 0 saturated carbocycles.